The van der Waals surface area contributed by atoms with Crippen LogP contribution in [0.4, 0.5) is 11.6 Å². The van der Waals surface area contributed by atoms with Gasteiger partial charge >= 0.3 is 0 Å². The molecule has 1 amide bonds. The number of fused-ring (bicyclic) bond motifs is 1. The van der Waals surface area contributed by atoms with E-state index in [1.54, 1.807) is 14.0 Å². The van der Waals surface area contributed by atoms with Crippen LogP contribution in [0.2, 0.25) is 0 Å². The summed E-state index contributed by atoms with van der Waals surface area (Å²) < 4.78 is 7.72. The fourth-order valence-electron chi connectivity index (χ4n) is 4.58. The fraction of sp³-hybridized carbons (Fsp3) is 0.308. The first-order valence-corrected chi connectivity index (χ1v) is 11.5. The molecule has 0 spiro atoms. The molecule has 8 nitrogen and oxygen atoms in total. The third-order valence-corrected chi connectivity index (χ3v) is 6.52. The second kappa shape index (κ2) is 9.13. The van der Waals surface area contributed by atoms with Gasteiger partial charge in [-0.15, -0.1) is 0 Å². The van der Waals surface area contributed by atoms with Crippen LogP contribution in [0, 0.1) is 6.92 Å². The summed E-state index contributed by atoms with van der Waals surface area (Å²) in [6.07, 6.45) is 7.55. The van der Waals surface area contributed by atoms with Gasteiger partial charge in [0.05, 0.1) is 30.4 Å². The smallest absolute Gasteiger partial charge is 0.227 e. The summed E-state index contributed by atoms with van der Waals surface area (Å²) in [4.78, 5) is 27.3. The molecular weight excluding hydrogens is 428 g/mol. The van der Waals surface area contributed by atoms with Crippen LogP contribution in [-0.4, -0.2) is 50.4 Å². The number of carbonyl (C=O) groups excluding carboxylic acids is 1. The van der Waals surface area contributed by atoms with E-state index < -0.39 is 0 Å². The van der Waals surface area contributed by atoms with E-state index in [9.17, 15) is 4.79 Å². The van der Waals surface area contributed by atoms with Crippen LogP contribution < -0.4 is 10.1 Å². The average Bonchev–Trinajstić information content (AvgIpc) is 3.29. The summed E-state index contributed by atoms with van der Waals surface area (Å²) in [6, 6.07) is 12.1. The van der Waals surface area contributed by atoms with Crippen molar-refractivity contribution in [3.8, 4) is 17.1 Å². The minimum Gasteiger partial charge on any atom is -0.495 e. The molecule has 0 bridgehead atoms. The van der Waals surface area contributed by atoms with E-state index >= 15 is 0 Å². The van der Waals surface area contributed by atoms with Crippen molar-refractivity contribution >= 4 is 23.2 Å². The third-order valence-electron chi connectivity index (χ3n) is 6.52. The molecule has 0 atom stereocenters. The maximum Gasteiger partial charge on any atom is 0.227 e. The van der Waals surface area contributed by atoms with Gasteiger partial charge in [0.2, 0.25) is 11.9 Å². The van der Waals surface area contributed by atoms with E-state index in [2.05, 4.69) is 27.4 Å². The molecule has 0 radical (unpaired) electrons. The Hall–Kier alpha value is -3.94. The SMILES string of the molecule is COc1cc(C2CCN(C(C)=O)CC2)ccc1Nc1ncc(C)c(-c2cnc3ccccn23)n1. The van der Waals surface area contributed by atoms with E-state index in [0.717, 1.165) is 60.0 Å². The van der Waals surface area contributed by atoms with Crippen LogP contribution >= 0.6 is 0 Å². The molecule has 1 fully saturated rings. The Kier molecular flexibility index (Phi) is 5.88. The van der Waals surface area contributed by atoms with Gasteiger partial charge in [-0.3, -0.25) is 9.20 Å². The lowest BCUT2D eigenvalue weighted by Crippen LogP contribution is -2.36. The highest BCUT2D eigenvalue weighted by Gasteiger charge is 2.23. The summed E-state index contributed by atoms with van der Waals surface area (Å²) in [5, 5.41) is 3.32. The Morgan fingerprint density at radius 2 is 1.94 bits per heavy atom. The van der Waals surface area contributed by atoms with Crippen LogP contribution in [0.1, 0.15) is 36.8 Å². The van der Waals surface area contributed by atoms with Gasteiger partial charge in [-0.25, -0.2) is 15.0 Å². The zero-order chi connectivity index (χ0) is 23.7. The molecule has 174 valence electrons. The molecule has 1 aliphatic rings. The summed E-state index contributed by atoms with van der Waals surface area (Å²) in [5.41, 5.74) is 5.61. The zero-order valence-corrected chi connectivity index (χ0v) is 19.7. The fourth-order valence-corrected chi connectivity index (χ4v) is 4.58. The Balaban J connectivity index is 1.39. The van der Waals surface area contributed by atoms with E-state index in [1.165, 1.54) is 5.56 Å². The minimum atomic E-state index is 0.150. The molecule has 8 heteroatoms. The van der Waals surface area contributed by atoms with Crippen LogP contribution in [0.25, 0.3) is 17.0 Å². The van der Waals surface area contributed by atoms with Crippen molar-refractivity contribution in [2.45, 2.75) is 32.6 Å². The quantitative estimate of drug-likeness (QED) is 0.473. The maximum atomic E-state index is 11.6. The number of carbonyl (C=O) groups is 1. The van der Waals surface area contributed by atoms with Crippen LogP contribution in [0.15, 0.2) is 55.0 Å². The largest absolute Gasteiger partial charge is 0.495 e. The second-order valence-corrected chi connectivity index (χ2v) is 8.66. The maximum absolute atomic E-state index is 11.6. The van der Waals surface area contributed by atoms with Gasteiger partial charge in [0.15, 0.2) is 0 Å². The molecule has 1 aliphatic heterocycles. The number of rotatable bonds is 5. The van der Waals surface area contributed by atoms with E-state index in [4.69, 9.17) is 9.72 Å². The summed E-state index contributed by atoms with van der Waals surface area (Å²) >= 11 is 0. The molecular formula is C26H28N6O2. The van der Waals surface area contributed by atoms with E-state index in [-0.39, 0.29) is 5.91 Å². The number of hydrogen-bond acceptors (Lipinski definition) is 6. The zero-order valence-electron chi connectivity index (χ0n) is 19.7. The monoisotopic (exact) mass is 456 g/mol. The number of piperidine rings is 1. The predicted molar refractivity (Wildman–Crippen MR) is 131 cm³/mol. The van der Waals surface area contributed by atoms with Gasteiger partial charge in [0.25, 0.3) is 0 Å². The highest BCUT2D eigenvalue weighted by Crippen LogP contribution is 2.35. The van der Waals surface area contributed by atoms with E-state index in [0.29, 0.717) is 11.9 Å². The van der Waals surface area contributed by atoms with Crippen molar-refractivity contribution in [1.29, 1.82) is 0 Å². The molecule has 4 heterocycles. The number of hydrogen-bond donors (Lipinski definition) is 1. The summed E-state index contributed by atoms with van der Waals surface area (Å²) in [6.45, 7) is 5.23. The molecule has 4 aromatic rings. The number of aryl methyl sites for hydroxylation is 1. The minimum absolute atomic E-state index is 0.150. The van der Waals surface area contributed by atoms with E-state index in [1.807, 2.05) is 59.1 Å². The Morgan fingerprint density at radius 1 is 1.12 bits per heavy atom. The number of nitrogens with zero attached hydrogens (tertiary/aromatic N) is 5. The molecule has 1 aromatic carbocycles. The predicted octanol–water partition coefficient (Wildman–Crippen LogP) is 4.58. The first kappa shape index (κ1) is 21.9. The molecule has 0 unspecified atom stereocenters. The molecule has 0 aliphatic carbocycles. The van der Waals surface area contributed by atoms with Crippen molar-refractivity contribution < 1.29 is 9.53 Å². The highest BCUT2D eigenvalue weighted by atomic mass is 16.5. The molecule has 34 heavy (non-hydrogen) atoms. The lowest BCUT2D eigenvalue weighted by molar-refractivity contribution is -0.129. The van der Waals surface area contributed by atoms with Crippen molar-refractivity contribution in [2.24, 2.45) is 0 Å². The second-order valence-electron chi connectivity index (χ2n) is 8.66. The normalized spacial score (nSPS) is 14.4. The van der Waals surface area contributed by atoms with Gasteiger partial charge in [-0.2, -0.15) is 0 Å². The number of ether oxygens (including phenoxy) is 1. The van der Waals surface area contributed by atoms with Crippen LogP contribution in [0.3, 0.4) is 0 Å². The molecule has 1 saturated heterocycles. The van der Waals surface area contributed by atoms with Gasteiger partial charge < -0.3 is 15.0 Å². The number of anilines is 2. The first-order chi connectivity index (χ1) is 16.5. The lowest BCUT2D eigenvalue weighted by Gasteiger charge is -2.31. The molecule has 1 N–H and O–H groups in total. The van der Waals surface area contributed by atoms with Crippen LogP contribution in [-0.2, 0) is 4.79 Å². The number of methoxy groups -OCH3 is 1. The Bertz CT molecular complexity index is 1340. The topological polar surface area (TPSA) is 84.6 Å². The summed E-state index contributed by atoms with van der Waals surface area (Å²) in [5.74, 6) is 1.80. The van der Waals surface area contributed by atoms with Gasteiger partial charge in [-0.1, -0.05) is 12.1 Å². The molecule has 5 rings (SSSR count). The number of amides is 1. The number of imidazole rings is 1. The highest BCUT2D eigenvalue weighted by molar-refractivity contribution is 5.73. The van der Waals surface area contributed by atoms with Crippen LogP contribution in [0.5, 0.6) is 5.75 Å². The number of benzene rings is 1. The average molecular weight is 457 g/mol. The lowest BCUT2D eigenvalue weighted by atomic mass is 9.89. The van der Waals surface area contributed by atoms with Gasteiger partial charge in [-0.05, 0) is 61.1 Å². The number of pyridine rings is 1. The third kappa shape index (κ3) is 4.19. The Labute approximate surface area is 198 Å². The standard InChI is InChI=1S/C26H28N6O2/c1-17-15-28-26(30-25(17)22-16-27-24-6-4-5-11-32(22)24)29-21-8-7-20(14-23(21)34-3)19-9-12-31(13-10-19)18(2)33/h4-8,11,14-16,19H,9-10,12-13H2,1-3H3,(H,28,29,30). The van der Waals surface area contributed by atoms with Crippen molar-refractivity contribution in [1.82, 2.24) is 24.3 Å². The summed E-state index contributed by atoms with van der Waals surface area (Å²) in [7, 11) is 1.67. The van der Waals surface area contributed by atoms with Crippen molar-refractivity contribution in [3.05, 3.63) is 66.1 Å². The van der Waals surface area contributed by atoms with Gasteiger partial charge in [0.1, 0.15) is 11.4 Å². The van der Waals surface area contributed by atoms with Gasteiger partial charge in [0, 0.05) is 32.4 Å². The number of likely N-dealkylation sites (tertiary alicyclic amines) is 1. The van der Waals surface area contributed by atoms with Crippen molar-refractivity contribution in [3.63, 3.8) is 0 Å². The number of aromatic nitrogens is 4. The first-order valence-electron chi connectivity index (χ1n) is 11.5. The Morgan fingerprint density at radius 3 is 2.71 bits per heavy atom. The number of nitrogens with one attached hydrogen (secondary N) is 1. The van der Waals surface area contributed by atoms with Crippen molar-refractivity contribution in [2.75, 3.05) is 25.5 Å². The molecule has 3 aromatic heterocycles. The molecule has 0 saturated carbocycles.